The number of nitrogens with zero attached hydrogens (tertiary/aromatic N) is 1. The minimum absolute atomic E-state index is 0.426. The third-order valence-electron chi connectivity index (χ3n) is 5.24. The first-order valence-corrected chi connectivity index (χ1v) is 8.52. The Hall–Kier alpha value is -0.540. The lowest BCUT2D eigenvalue weighted by molar-refractivity contribution is 0.199. The van der Waals surface area contributed by atoms with Crippen molar-refractivity contribution >= 4 is 21.6 Å². The summed E-state index contributed by atoms with van der Waals surface area (Å²) in [6, 6.07) is 6.23. The molecule has 4 atom stereocenters. The molecule has 0 saturated heterocycles. The summed E-state index contributed by atoms with van der Waals surface area (Å²) in [4.78, 5) is 2.35. The fourth-order valence-electron chi connectivity index (χ4n) is 4.26. The van der Waals surface area contributed by atoms with Gasteiger partial charge in [-0.05, 0) is 62.1 Å². The van der Waals surface area contributed by atoms with Gasteiger partial charge in [0.15, 0.2) is 0 Å². The Kier molecular flexibility index (Phi) is 4.09. The fraction of sp³-hybridized carbons (Fsp3) is 0.647. The zero-order chi connectivity index (χ0) is 14.3. The van der Waals surface area contributed by atoms with Crippen LogP contribution < -0.4 is 4.90 Å². The summed E-state index contributed by atoms with van der Waals surface area (Å²) in [5.41, 5.74) is 2.19. The fourth-order valence-corrected chi connectivity index (χ4v) is 4.64. The second-order valence-electron chi connectivity index (χ2n) is 6.69. The van der Waals surface area contributed by atoms with E-state index < -0.39 is 6.10 Å². The standard InChI is InChI=1S/C17H24BrNO/c1-11(20)16-9-15(18)5-6-17(16)19(2)10-14-8-12-3-4-13(14)7-12/h5-6,9,11-14,20H,3-4,7-8,10H2,1-2H3. The molecule has 3 heteroatoms. The first-order valence-electron chi connectivity index (χ1n) is 7.73. The van der Waals surface area contributed by atoms with Crippen LogP contribution in [-0.4, -0.2) is 18.7 Å². The molecule has 20 heavy (non-hydrogen) atoms. The molecule has 0 aromatic heterocycles. The van der Waals surface area contributed by atoms with E-state index >= 15 is 0 Å². The van der Waals surface area contributed by atoms with Gasteiger partial charge in [-0.25, -0.2) is 0 Å². The zero-order valence-electron chi connectivity index (χ0n) is 12.3. The highest BCUT2D eigenvalue weighted by atomic mass is 79.9. The smallest absolute Gasteiger partial charge is 0.0782 e. The number of aliphatic hydroxyl groups excluding tert-OH is 1. The van der Waals surface area contributed by atoms with Crippen LogP contribution >= 0.6 is 15.9 Å². The molecular formula is C17H24BrNO. The van der Waals surface area contributed by atoms with Crippen molar-refractivity contribution in [2.24, 2.45) is 17.8 Å². The van der Waals surface area contributed by atoms with Crippen molar-refractivity contribution in [1.82, 2.24) is 0 Å². The molecule has 1 aromatic carbocycles. The van der Waals surface area contributed by atoms with E-state index in [0.717, 1.165) is 34.3 Å². The van der Waals surface area contributed by atoms with Gasteiger partial charge >= 0.3 is 0 Å². The normalized spacial score (nSPS) is 29.7. The highest BCUT2D eigenvalue weighted by Crippen LogP contribution is 2.48. The number of anilines is 1. The van der Waals surface area contributed by atoms with E-state index in [-0.39, 0.29) is 0 Å². The Bertz CT molecular complexity index is 488. The molecule has 2 aliphatic carbocycles. The minimum Gasteiger partial charge on any atom is -0.389 e. The molecule has 0 radical (unpaired) electrons. The maximum absolute atomic E-state index is 10.00. The molecule has 1 N–H and O–H groups in total. The van der Waals surface area contributed by atoms with Crippen LogP contribution in [0.4, 0.5) is 5.69 Å². The van der Waals surface area contributed by atoms with Gasteiger partial charge in [0.2, 0.25) is 0 Å². The van der Waals surface area contributed by atoms with Gasteiger partial charge in [0.1, 0.15) is 0 Å². The molecule has 110 valence electrons. The number of fused-ring (bicyclic) bond motifs is 2. The van der Waals surface area contributed by atoms with Gasteiger partial charge < -0.3 is 10.0 Å². The molecule has 1 aromatic rings. The average Bonchev–Trinajstić information content (AvgIpc) is 3.00. The third kappa shape index (κ3) is 2.75. The molecular weight excluding hydrogens is 314 g/mol. The largest absolute Gasteiger partial charge is 0.389 e. The van der Waals surface area contributed by atoms with Crippen LogP contribution in [0.5, 0.6) is 0 Å². The summed E-state index contributed by atoms with van der Waals surface area (Å²) >= 11 is 3.50. The molecule has 2 nitrogen and oxygen atoms in total. The summed E-state index contributed by atoms with van der Waals surface area (Å²) in [6.45, 7) is 2.97. The molecule has 0 aliphatic heterocycles. The van der Waals surface area contributed by atoms with Crippen molar-refractivity contribution in [1.29, 1.82) is 0 Å². The molecule has 0 heterocycles. The van der Waals surface area contributed by atoms with Crippen molar-refractivity contribution in [3.8, 4) is 0 Å². The van der Waals surface area contributed by atoms with Gasteiger partial charge in [-0.15, -0.1) is 0 Å². The summed E-state index contributed by atoms with van der Waals surface area (Å²) in [5, 5.41) is 10.00. The van der Waals surface area contributed by atoms with Gasteiger partial charge in [0.25, 0.3) is 0 Å². The van der Waals surface area contributed by atoms with Gasteiger partial charge in [0, 0.05) is 29.3 Å². The second-order valence-corrected chi connectivity index (χ2v) is 7.61. The van der Waals surface area contributed by atoms with Crippen LogP contribution in [0.3, 0.4) is 0 Å². The molecule has 2 fully saturated rings. The van der Waals surface area contributed by atoms with E-state index in [9.17, 15) is 5.11 Å². The maximum Gasteiger partial charge on any atom is 0.0782 e. The van der Waals surface area contributed by atoms with Gasteiger partial charge in [-0.1, -0.05) is 22.4 Å². The van der Waals surface area contributed by atoms with Crippen LogP contribution in [0, 0.1) is 17.8 Å². The second kappa shape index (κ2) is 5.69. The topological polar surface area (TPSA) is 23.5 Å². The van der Waals surface area contributed by atoms with E-state index in [1.807, 2.05) is 13.0 Å². The number of hydrogen-bond acceptors (Lipinski definition) is 2. The summed E-state index contributed by atoms with van der Waals surface area (Å²) < 4.78 is 1.03. The van der Waals surface area contributed by atoms with E-state index in [2.05, 4.69) is 40.0 Å². The predicted octanol–water partition coefficient (Wildman–Crippen LogP) is 4.37. The van der Waals surface area contributed by atoms with Crippen LogP contribution in [-0.2, 0) is 0 Å². The van der Waals surface area contributed by atoms with Crippen molar-refractivity contribution in [2.45, 2.75) is 38.7 Å². The average molecular weight is 338 g/mol. The third-order valence-corrected chi connectivity index (χ3v) is 5.74. The van der Waals surface area contributed by atoms with Gasteiger partial charge in [-0.2, -0.15) is 0 Å². The Labute approximate surface area is 130 Å². The number of halogens is 1. The van der Waals surface area contributed by atoms with Crippen molar-refractivity contribution in [3.63, 3.8) is 0 Å². The Balaban J connectivity index is 1.75. The van der Waals surface area contributed by atoms with Crippen LogP contribution in [0.2, 0.25) is 0 Å². The van der Waals surface area contributed by atoms with Crippen molar-refractivity contribution in [3.05, 3.63) is 28.2 Å². The van der Waals surface area contributed by atoms with Gasteiger partial charge in [-0.3, -0.25) is 0 Å². The Morgan fingerprint density at radius 2 is 2.15 bits per heavy atom. The van der Waals surface area contributed by atoms with Crippen molar-refractivity contribution in [2.75, 3.05) is 18.5 Å². The zero-order valence-corrected chi connectivity index (χ0v) is 13.9. The van der Waals surface area contributed by atoms with E-state index in [0.29, 0.717) is 0 Å². The molecule has 2 aliphatic rings. The minimum atomic E-state index is -0.426. The highest BCUT2D eigenvalue weighted by molar-refractivity contribution is 9.10. The summed E-state index contributed by atoms with van der Waals surface area (Å²) in [6.07, 6.45) is 5.34. The lowest BCUT2D eigenvalue weighted by atomic mass is 9.88. The lowest BCUT2D eigenvalue weighted by Crippen LogP contribution is -2.29. The summed E-state index contributed by atoms with van der Waals surface area (Å²) in [5.74, 6) is 2.80. The Morgan fingerprint density at radius 3 is 2.75 bits per heavy atom. The maximum atomic E-state index is 10.00. The Morgan fingerprint density at radius 1 is 1.35 bits per heavy atom. The monoisotopic (exact) mass is 337 g/mol. The quantitative estimate of drug-likeness (QED) is 0.881. The van der Waals surface area contributed by atoms with E-state index in [4.69, 9.17) is 0 Å². The van der Waals surface area contributed by atoms with Crippen molar-refractivity contribution < 1.29 is 5.11 Å². The van der Waals surface area contributed by atoms with E-state index in [1.54, 1.807) is 0 Å². The molecule has 2 saturated carbocycles. The lowest BCUT2D eigenvalue weighted by Gasteiger charge is -2.30. The molecule has 4 unspecified atom stereocenters. The van der Waals surface area contributed by atoms with Crippen LogP contribution in [0.1, 0.15) is 44.3 Å². The summed E-state index contributed by atoms with van der Waals surface area (Å²) in [7, 11) is 2.17. The highest BCUT2D eigenvalue weighted by Gasteiger charge is 2.39. The van der Waals surface area contributed by atoms with Gasteiger partial charge in [0.05, 0.1) is 6.10 Å². The van der Waals surface area contributed by atoms with E-state index in [1.165, 1.54) is 31.4 Å². The molecule has 2 bridgehead atoms. The predicted molar refractivity (Wildman–Crippen MR) is 87.0 cm³/mol. The number of hydrogen-bond donors (Lipinski definition) is 1. The first kappa shape index (κ1) is 14.4. The number of aliphatic hydroxyl groups is 1. The van der Waals surface area contributed by atoms with Crippen LogP contribution in [0.25, 0.3) is 0 Å². The SMILES string of the molecule is CC(O)c1cc(Br)ccc1N(C)CC1CC2CCC1C2. The number of benzene rings is 1. The first-order chi connectivity index (χ1) is 9.54. The molecule has 3 rings (SSSR count). The molecule has 0 spiro atoms. The molecule has 0 amide bonds. The van der Waals surface area contributed by atoms with Crippen LogP contribution in [0.15, 0.2) is 22.7 Å². The number of rotatable bonds is 4.